The van der Waals surface area contributed by atoms with Crippen molar-refractivity contribution in [3.63, 3.8) is 0 Å². The van der Waals surface area contributed by atoms with Crippen LogP contribution in [0.5, 0.6) is 11.6 Å². The number of rotatable bonds is 1. The molecule has 2 aliphatic heterocycles. The number of benzene rings is 3. The predicted molar refractivity (Wildman–Crippen MR) is 199 cm³/mol. The summed E-state index contributed by atoms with van der Waals surface area (Å²) in [5.41, 5.74) is 12.9. The lowest BCUT2D eigenvalue weighted by atomic mass is 9.34. The molecule has 1 aliphatic carbocycles. The van der Waals surface area contributed by atoms with Crippen LogP contribution in [0.25, 0.3) is 0 Å². The average Bonchev–Trinajstić information content (AvgIpc) is 2.97. The molecule has 0 N–H and O–H groups in total. The molecular formula is C42H52BN3O. The second-order valence-corrected chi connectivity index (χ2v) is 18.8. The lowest BCUT2D eigenvalue weighted by Gasteiger charge is -2.45. The summed E-state index contributed by atoms with van der Waals surface area (Å²) in [6, 6.07) is 19.1. The van der Waals surface area contributed by atoms with Crippen molar-refractivity contribution in [2.75, 3.05) is 4.90 Å². The first-order valence-corrected chi connectivity index (χ1v) is 17.5. The van der Waals surface area contributed by atoms with Gasteiger partial charge in [0.2, 0.25) is 5.88 Å². The zero-order valence-electron chi connectivity index (χ0n) is 30.9. The second-order valence-electron chi connectivity index (χ2n) is 18.8. The zero-order valence-corrected chi connectivity index (χ0v) is 30.9. The normalized spacial score (nSPS) is 17.7. The molecule has 3 aliphatic rings. The Morgan fingerprint density at radius 1 is 0.660 bits per heavy atom. The first-order valence-electron chi connectivity index (χ1n) is 17.5. The van der Waals surface area contributed by atoms with Gasteiger partial charge in [-0.3, -0.25) is 4.90 Å². The highest BCUT2D eigenvalue weighted by Gasteiger charge is 2.47. The fourth-order valence-electron chi connectivity index (χ4n) is 7.82. The standard InChI is InChI=1S/C42H52BN3O/c1-38(2,3)25-14-15-31-34(21-25)47-37-35-36(44-24-45-37)46(28-19-26(39(4,5)6)18-27(20-28)40(7,8)9)33-23-30-29(22-32(33)43(31)35)41(10,11)16-17-42(30,12)13/h14-15,18-24H,16-17H2,1-13H3. The van der Waals surface area contributed by atoms with E-state index in [0.717, 1.165) is 29.1 Å². The Labute approximate surface area is 283 Å². The molecule has 4 nitrogen and oxygen atoms in total. The van der Waals surface area contributed by atoms with E-state index in [9.17, 15) is 0 Å². The van der Waals surface area contributed by atoms with Gasteiger partial charge in [0.1, 0.15) is 17.9 Å². The molecule has 0 amide bonds. The quantitative estimate of drug-likeness (QED) is 0.171. The van der Waals surface area contributed by atoms with Crippen LogP contribution in [-0.2, 0) is 27.1 Å². The molecule has 0 radical (unpaired) electrons. The number of ether oxygens (including phenoxy) is 1. The van der Waals surface area contributed by atoms with E-state index >= 15 is 0 Å². The maximum atomic E-state index is 6.72. The Balaban J connectivity index is 1.58. The molecular weight excluding hydrogens is 573 g/mol. The van der Waals surface area contributed by atoms with E-state index in [0.29, 0.717) is 5.88 Å². The number of hydrogen-bond donors (Lipinski definition) is 0. The second kappa shape index (κ2) is 9.97. The summed E-state index contributed by atoms with van der Waals surface area (Å²) < 4.78 is 6.72. The first kappa shape index (κ1) is 32.0. The third kappa shape index (κ3) is 5.11. The lowest BCUT2D eigenvalue weighted by Crippen LogP contribution is -2.60. The summed E-state index contributed by atoms with van der Waals surface area (Å²) in [5, 5.41) is 0. The van der Waals surface area contributed by atoms with Crippen molar-refractivity contribution in [1.82, 2.24) is 9.97 Å². The van der Waals surface area contributed by atoms with Crippen LogP contribution in [0.3, 0.4) is 0 Å². The van der Waals surface area contributed by atoms with Gasteiger partial charge in [-0.1, -0.05) is 114 Å². The van der Waals surface area contributed by atoms with Gasteiger partial charge in [0, 0.05) is 16.8 Å². The van der Waals surface area contributed by atoms with Crippen molar-refractivity contribution in [3.05, 3.63) is 82.7 Å². The van der Waals surface area contributed by atoms with Crippen LogP contribution < -0.4 is 26.0 Å². The molecule has 0 bridgehead atoms. The average molecular weight is 626 g/mol. The molecule has 3 heterocycles. The van der Waals surface area contributed by atoms with Crippen LogP contribution in [-0.4, -0.2) is 16.7 Å². The Morgan fingerprint density at radius 2 is 1.23 bits per heavy atom. The van der Waals surface area contributed by atoms with E-state index in [1.54, 1.807) is 6.33 Å². The van der Waals surface area contributed by atoms with E-state index in [1.165, 1.54) is 50.9 Å². The minimum Gasteiger partial charge on any atom is -0.440 e. The Kier molecular flexibility index (Phi) is 6.78. The molecule has 0 saturated carbocycles. The SMILES string of the molecule is CC(C)(C)c1cc(N2c3cc4c(cc3B3c5ccc(C(C)(C)C)cc5Oc5ncnc2c53)C(C)(C)CCC4(C)C)cc(C(C)(C)C)c1. The van der Waals surface area contributed by atoms with Gasteiger partial charge < -0.3 is 4.74 Å². The van der Waals surface area contributed by atoms with Crippen LogP contribution in [0.15, 0.2) is 54.9 Å². The largest absolute Gasteiger partial charge is 0.440 e. The van der Waals surface area contributed by atoms with Crippen LogP contribution in [0.4, 0.5) is 17.2 Å². The van der Waals surface area contributed by atoms with E-state index in [-0.39, 0.29) is 33.8 Å². The number of anilines is 3. The van der Waals surface area contributed by atoms with Crippen molar-refractivity contribution in [2.24, 2.45) is 0 Å². The molecule has 3 aromatic carbocycles. The summed E-state index contributed by atoms with van der Waals surface area (Å²) in [5.74, 6) is 2.48. The highest BCUT2D eigenvalue weighted by atomic mass is 16.5. The molecule has 1 aromatic heterocycles. The van der Waals surface area contributed by atoms with Crippen LogP contribution in [0.2, 0.25) is 0 Å². The molecule has 47 heavy (non-hydrogen) atoms. The molecule has 4 aromatic rings. The minimum atomic E-state index is -0.0238. The lowest BCUT2D eigenvalue weighted by molar-refractivity contribution is 0.332. The molecule has 244 valence electrons. The van der Waals surface area contributed by atoms with Crippen molar-refractivity contribution in [2.45, 2.75) is 130 Å². The van der Waals surface area contributed by atoms with Crippen LogP contribution in [0, 0.1) is 0 Å². The summed E-state index contributed by atoms with van der Waals surface area (Å²) in [7, 11) is 0. The maximum absolute atomic E-state index is 6.72. The van der Waals surface area contributed by atoms with Crippen LogP contribution in [0.1, 0.15) is 131 Å². The summed E-state index contributed by atoms with van der Waals surface area (Å²) in [6.07, 6.45) is 4.02. The number of hydrogen-bond acceptors (Lipinski definition) is 4. The highest BCUT2D eigenvalue weighted by Crippen LogP contribution is 2.49. The predicted octanol–water partition coefficient (Wildman–Crippen LogP) is 9.12. The third-order valence-corrected chi connectivity index (χ3v) is 11.2. The van der Waals surface area contributed by atoms with E-state index in [2.05, 4.69) is 143 Å². The summed E-state index contributed by atoms with van der Waals surface area (Å²) >= 11 is 0. The van der Waals surface area contributed by atoms with Crippen molar-refractivity contribution < 1.29 is 4.74 Å². The molecule has 5 heteroatoms. The maximum Gasteiger partial charge on any atom is 0.260 e. The number of nitrogens with zero attached hydrogens (tertiary/aromatic N) is 3. The highest BCUT2D eigenvalue weighted by molar-refractivity contribution is 6.99. The third-order valence-electron chi connectivity index (χ3n) is 11.2. The van der Waals surface area contributed by atoms with E-state index in [4.69, 9.17) is 14.7 Å². The number of fused-ring (bicyclic) bond motifs is 5. The van der Waals surface area contributed by atoms with Gasteiger partial charge in [0.05, 0.1) is 0 Å². The molecule has 0 saturated heterocycles. The molecule has 7 rings (SSSR count). The van der Waals surface area contributed by atoms with Gasteiger partial charge in [-0.05, 0) is 103 Å². The zero-order chi connectivity index (χ0) is 34.1. The van der Waals surface area contributed by atoms with E-state index in [1.807, 2.05) is 0 Å². The van der Waals surface area contributed by atoms with Gasteiger partial charge in [0.15, 0.2) is 0 Å². The van der Waals surface area contributed by atoms with Gasteiger partial charge in [-0.25, -0.2) is 9.97 Å². The number of aromatic nitrogens is 2. The summed E-state index contributed by atoms with van der Waals surface area (Å²) in [6.45, 7) is 30.3. The van der Waals surface area contributed by atoms with Gasteiger partial charge >= 0.3 is 0 Å². The van der Waals surface area contributed by atoms with Crippen LogP contribution >= 0.6 is 0 Å². The van der Waals surface area contributed by atoms with Gasteiger partial charge in [-0.2, -0.15) is 0 Å². The smallest absolute Gasteiger partial charge is 0.260 e. The topological polar surface area (TPSA) is 38.2 Å². The Hall–Kier alpha value is -3.60. The van der Waals surface area contributed by atoms with Crippen molar-refractivity contribution in [1.29, 1.82) is 0 Å². The van der Waals surface area contributed by atoms with Crippen molar-refractivity contribution in [3.8, 4) is 11.6 Å². The summed E-state index contributed by atoms with van der Waals surface area (Å²) in [4.78, 5) is 12.3. The molecule has 0 unspecified atom stereocenters. The fraction of sp³-hybridized carbons (Fsp3) is 0.476. The van der Waals surface area contributed by atoms with Gasteiger partial charge in [-0.15, -0.1) is 0 Å². The first-order chi connectivity index (χ1) is 21.7. The Bertz CT molecular complexity index is 1900. The molecule has 0 fully saturated rings. The monoisotopic (exact) mass is 625 g/mol. The van der Waals surface area contributed by atoms with E-state index < -0.39 is 0 Å². The Morgan fingerprint density at radius 3 is 1.81 bits per heavy atom. The molecule has 0 spiro atoms. The van der Waals surface area contributed by atoms with Crippen molar-refractivity contribution >= 4 is 40.3 Å². The molecule has 0 atom stereocenters. The fourth-order valence-corrected chi connectivity index (χ4v) is 7.82. The minimum absolute atomic E-state index is 0.00822. The van der Waals surface area contributed by atoms with Gasteiger partial charge in [0.25, 0.3) is 6.71 Å².